The van der Waals surface area contributed by atoms with Crippen LogP contribution in [0.1, 0.15) is 23.4 Å². The average molecular weight is 444 g/mol. The zero-order valence-corrected chi connectivity index (χ0v) is 19.1. The molecule has 6 heteroatoms. The predicted molar refractivity (Wildman–Crippen MR) is 130 cm³/mol. The van der Waals surface area contributed by atoms with Crippen LogP contribution in [0, 0.1) is 12.8 Å². The Balaban J connectivity index is 1.10. The van der Waals surface area contributed by atoms with E-state index < -0.39 is 0 Å². The highest BCUT2D eigenvalue weighted by Gasteiger charge is 2.25. The van der Waals surface area contributed by atoms with Crippen LogP contribution in [-0.4, -0.2) is 42.9 Å². The van der Waals surface area contributed by atoms with Crippen LogP contribution in [0.15, 0.2) is 42.5 Å². The third-order valence-electron chi connectivity index (χ3n) is 6.94. The summed E-state index contributed by atoms with van der Waals surface area (Å²) in [4.78, 5) is 8.22. The van der Waals surface area contributed by atoms with Crippen LogP contribution in [-0.2, 0) is 12.8 Å². The summed E-state index contributed by atoms with van der Waals surface area (Å²) in [5.41, 5.74) is 5.97. The number of benzene rings is 2. The number of aromatic nitrogens is 2. The summed E-state index contributed by atoms with van der Waals surface area (Å²) in [6, 6.07) is 14.4. The first kappa shape index (κ1) is 20.4. The fourth-order valence-electron chi connectivity index (χ4n) is 5.20. The number of fused-ring (bicyclic) bond motifs is 6. The van der Waals surface area contributed by atoms with Crippen molar-refractivity contribution < 1.29 is 14.2 Å². The Kier molecular flexibility index (Phi) is 5.10. The molecule has 2 aromatic carbocycles. The fourth-order valence-corrected chi connectivity index (χ4v) is 5.20. The number of hydrogen-bond donors (Lipinski definition) is 2. The quantitative estimate of drug-likeness (QED) is 0.473. The van der Waals surface area contributed by atoms with Gasteiger partial charge in [0.25, 0.3) is 0 Å². The summed E-state index contributed by atoms with van der Waals surface area (Å²) in [5.74, 6) is 3.13. The number of H-pyrrole nitrogens is 1. The van der Waals surface area contributed by atoms with E-state index in [1.807, 2.05) is 25.1 Å². The molecule has 6 nitrogen and oxygen atoms in total. The maximum Gasteiger partial charge on any atom is 0.171 e. The van der Waals surface area contributed by atoms with Gasteiger partial charge in [-0.1, -0.05) is 0 Å². The van der Waals surface area contributed by atoms with Crippen LogP contribution in [0.4, 0.5) is 0 Å². The van der Waals surface area contributed by atoms with Gasteiger partial charge >= 0.3 is 0 Å². The minimum absolute atomic E-state index is 0.0101. The lowest BCUT2D eigenvalue weighted by Crippen LogP contribution is -2.40. The van der Waals surface area contributed by atoms with Gasteiger partial charge in [0.2, 0.25) is 0 Å². The molecule has 0 spiro atoms. The minimum Gasteiger partial charge on any atom is -0.497 e. The first-order valence-corrected chi connectivity index (χ1v) is 11.8. The lowest BCUT2D eigenvalue weighted by Gasteiger charge is -2.29. The van der Waals surface area contributed by atoms with Crippen molar-refractivity contribution in [3.05, 3.63) is 59.4 Å². The molecule has 4 aromatic rings. The zero-order chi connectivity index (χ0) is 22.4. The molecule has 2 N–H and O–H groups in total. The molecule has 0 bridgehead atoms. The average Bonchev–Trinajstić information content (AvgIpc) is 3.20. The van der Waals surface area contributed by atoms with Gasteiger partial charge in [-0.05, 0) is 80.6 Å². The van der Waals surface area contributed by atoms with Crippen molar-refractivity contribution >= 4 is 21.8 Å². The zero-order valence-electron chi connectivity index (χ0n) is 19.1. The SMILES string of the molecule is COc1ccc2c3c([nH]c2c1)CC[C@H](CNC[C@H]1COc2ccc4nc(C)ccc4c2O1)C3. The molecule has 33 heavy (non-hydrogen) atoms. The smallest absolute Gasteiger partial charge is 0.171 e. The van der Waals surface area contributed by atoms with Gasteiger partial charge in [0.1, 0.15) is 18.5 Å². The van der Waals surface area contributed by atoms with Crippen molar-refractivity contribution in [1.82, 2.24) is 15.3 Å². The second-order valence-corrected chi connectivity index (χ2v) is 9.22. The maximum absolute atomic E-state index is 6.35. The van der Waals surface area contributed by atoms with Gasteiger partial charge in [-0.2, -0.15) is 0 Å². The van der Waals surface area contributed by atoms with E-state index in [1.165, 1.54) is 28.6 Å². The Morgan fingerprint density at radius 3 is 2.94 bits per heavy atom. The van der Waals surface area contributed by atoms with Gasteiger partial charge < -0.3 is 24.5 Å². The Morgan fingerprint density at radius 1 is 1.12 bits per heavy atom. The van der Waals surface area contributed by atoms with Gasteiger partial charge in [-0.3, -0.25) is 4.98 Å². The molecular formula is C27H29N3O3. The molecule has 0 unspecified atom stereocenters. The number of nitrogens with one attached hydrogen (secondary N) is 2. The highest BCUT2D eigenvalue weighted by atomic mass is 16.6. The third kappa shape index (κ3) is 3.78. The topological polar surface area (TPSA) is 68.4 Å². The Morgan fingerprint density at radius 2 is 2.03 bits per heavy atom. The molecular weight excluding hydrogens is 414 g/mol. The molecule has 2 aliphatic rings. The fraction of sp³-hybridized carbons (Fsp3) is 0.370. The van der Waals surface area contributed by atoms with Gasteiger partial charge in [0, 0.05) is 40.3 Å². The molecule has 3 heterocycles. The van der Waals surface area contributed by atoms with Crippen molar-refractivity contribution in [2.45, 2.75) is 32.3 Å². The number of rotatable bonds is 5. The van der Waals surface area contributed by atoms with Crippen LogP contribution < -0.4 is 19.5 Å². The van der Waals surface area contributed by atoms with E-state index in [1.54, 1.807) is 7.11 Å². The van der Waals surface area contributed by atoms with Gasteiger partial charge in [0.15, 0.2) is 11.5 Å². The molecule has 170 valence electrons. The first-order valence-electron chi connectivity index (χ1n) is 11.8. The molecule has 0 radical (unpaired) electrons. The number of aromatic amines is 1. The minimum atomic E-state index is -0.0101. The van der Waals surface area contributed by atoms with Gasteiger partial charge in [-0.15, -0.1) is 0 Å². The summed E-state index contributed by atoms with van der Waals surface area (Å²) in [6.45, 7) is 4.31. The van der Waals surface area contributed by atoms with E-state index in [9.17, 15) is 0 Å². The van der Waals surface area contributed by atoms with Crippen molar-refractivity contribution in [3.8, 4) is 17.2 Å². The molecule has 6 rings (SSSR count). The summed E-state index contributed by atoms with van der Waals surface area (Å²) in [6.07, 6.45) is 3.36. The number of nitrogens with zero attached hydrogens (tertiary/aromatic N) is 1. The van der Waals surface area contributed by atoms with Crippen molar-refractivity contribution in [2.75, 3.05) is 26.8 Å². The Labute approximate surface area is 193 Å². The largest absolute Gasteiger partial charge is 0.497 e. The monoisotopic (exact) mass is 443 g/mol. The maximum atomic E-state index is 6.35. The predicted octanol–water partition coefficient (Wildman–Crippen LogP) is 4.57. The lowest BCUT2D eigenvalue weighted by molar-refractivity contribution is 0.0915. The molecule has 0 saturated heterocycles. The highest BCUT2D eigenvalue weighted by Crippen LogP contribution is 2.38. The van der Waals surface area contributed by atoms with Crippen LogP contribution in [0.2, 0.25) is 0 Å². The molecule has 1 aliphatic carbocycles. The van der Waals surface area contributed by atoms with E-state index in [0.29, 0.717) is 12.5 Å². The number of aryl methyl sites for hydroxylation is 2. The standard InChI is InChI=1S/C27H29N3O3/c1-16-3-6-21-23(29-16)9-10-26-27(21)33-19(15-32-26)14-28-13-17-4-8-24-22(11-17)20-7-5-18(31-2)12-25(20)30-24/h3,5-7,9-10,12,17,19,28,30H,4,8,11,13-15H2,1-2H3/t17-,19-/m0/s1. The second kappa shape index (κ2) is 8.27. The molecule has 2 atom stereocenters. The molecule has 0 fully saturated rings. The van der Waals surface area contributed by atoms with Crippen LogP contribution in [0.5, 0.6) is 17.2 Å². The lowest BCUT2D eigenvalue weighted by atomic mass is 9.86. The summed E-state index contributed by atoms with van der Waals surface area (Å²) < 4.78 is 17.7. The van der Waals surface area contributed by atoms with E-state index in [-0.39, 0.29) is 6.10 Å². The first-order chi connectivity index (χ1) is 16.2. The van der Waals surface area contributed by atoms with Crippen LogP contribution in [0.25, 0.3) is 21.8 Å². The number of ether oxygens (including phenoxy) is 3. The summed E-state index contributed by atoms with van der Waals surface area (Å²) >= 11 is 0. The number of pyridine rings is 1. The number of methoxy groups -OCH3 is 1. The van der Waals surface area contributed by atoms with E-state index in [4.69, 9.17) is 14.2 Å². The highest BCUT2D eigenvalue weighted by molar-refractivity contribution is 5.88. The molecule has 0 amide bonds. The van der Waals surface area contributed by atoms with Gasteiger partial charge in [0.05, 0.1) is 12.6 Å². The molecule has 1 aliphatic heterocycles. The van der Waals surface area contributed by atoms with Crippen molar-refractivity contribution in [3.63, 3.8) is 0 Å². The molecule has 2 aromatic heterocycles. The van der Waals surface area contributed by atoms with E-state index in [2.05, 4.69) is 39.6 Å². The van der Waals surface area contributed by atoms with E-state index >= 15 is 0 Å². The molecule has 0 saturated carbocycles. The van der Waals surface area contributed by atoms with E-state index in [0.717, 1.165) is 59.8 Å². The Hall–Kier alpha value is -3.25. The van der Waals surface area contributed by atoms with Crippen molar-refractivity contribution in [2.24, 2.45) is 5.92 Å². The van der Waals surface area contributed by atoms with Crippen LogP contribution in [0.3, 0.4) is 0 Å². The number of hydrogen-bond acceptors (Lipinski definition) is 5. The second-order valence-electron chi connectivity index (χ2n) is 9.22. The Bertz CT molecular complexity index is 1330. The van der Waals surface area contributed by atoms with Crippen molar-refractivity contribution in [1.29, 1.82) is 0 Å². The summed E-state index contributed by atoms with van der Waals surface area (Å²) in [7, 11) is 1.71. The summed E-state index contributed by atoms with van der Waals surface area (Å²) in [5, 5.41) is 5.99. The van der Waals surface area contributed by atoms with Crippen LogP contribution >= 0.6 is 0 Å². The third-order valence-corrected chi connectivity index (χ3v) is 6.94. The van der Waals surface area contributed by atoms with Gasteiger partial charge in [-0.25, -0.2) is 0 Å². The normalized spacial score (nSPS) is 19.6.